The van der Waals surface area contributed by atoms with E-state index in [1.165, 1.54) is 5.56 Å². The van der Waals surface area contributed by atoms with Gasteiger partial charge in [0.25, 0.3) is 0 Å². The van der Waals surface area contributed by atoms with Gasteiger partial charge in [0.2, 0.25) is 0 Å². The Morgan fingerprint density at radius 1 is 1.33 bits per heavy atom. The van der Waals surface area contributed by atoms with Gasteiger partial charge in [-0.25, -0.2) is 0 Å². The van der Waals surface area contributed by atoms with E-state index in [2.05, 4.69) is 11.4 Å². The lowest BCUT2D eigenvalue weighted by molar-refractivity contribution is 0.434. The summed E-state index contributed by atoms with van der Waals surface area (Å²) < 4.78 is 5.54. The summed E-state index contributed by atoms with van der Waals surface area (Å²) in [5.74, 6) is 2.32. The van der Waals surface area contributed by atoms with E-state index in [4.69, 9.17) is 4.42 Å². The van der Waals surface area contributed by atoms with E-state index in [1.54, 1.807) is 6.07 Å². The van der Waals surface area contributed by atoms with Crippen molar-refractivity contribution in [1.29, 1.82) is 0 Å². The molecule has 1 aromatic carbocycles. The minimum atomic E-state index is 0.317. The van der Waals surface area contributed by atoms with Crippen molar-refractivity contribution in [3.63, 3.8) is 0 Å². The monoisotopic (exact) mass is 243 g/mol. The molecule has 1 aromatic heterocycles. The summed E-state index contributed by atoms with van der Waals surface area (Å²) in [6.45, 7) is 2.68. The first-order valence-corrected chi connectivity index (χ1v) is 6.33. The maximum Gasteiger partial charge on any atom is 0.119 e. The second-order valence-electron chi connectivity index (χ2n) is 4.83. The Kier molecular flexibility index (Phi) is 2.84. The number of aryl methyl sites for hydroxylation is 1. The molecule has 0 bridgehead atoms. The maximum absolute atomic E-state index is 9.79. The largest absolute Gasteiger partial charge is 0.508 e. The second kappa shape index (κ2) is 4.50. The number of hydrogen-bond donors (Lipinski definition) is 2. The molecule has 0 saturated heterocycles. The zero-order valence-electron chi connectivity index (χ0n) is 10.4. The molecule has 0 fully saturated rings. The highest BCUT2D eigenvalue weighted by atomic mass is 16.3. The van der Waals surface area contributed by atoms with Crippen LogP contribution in [-0.2, 0) is 13.0 Å². The standard InChI is InChI=1S/C15H17NO2/c1-10-5-6-11(18-10)9-16-14-8-7-13-12(14)3-2-4-15(13)17/h2-6,14,16-17H,7-9H2,1H3. The Morgan fingerprint density at radius 3 is 3.00 bits per heavy atom. The van der Waals surface area contributed by atoms with Crippen molar-refractivity contribution in [3.8, 4) is 5.75 Å². The molecule has 0 amide bonds. The molecule has 0 radical (unpaired) electrons. The molecule has 1 atom stereocenters. The second-order valence-corrected chi connectivity index (χ2v) is 4.83. The van der Waals surface area contributed by atoms with Crippen LogP contribution in [0.1, 0.15) is 35.1 Å². The highest BCUT2D eigenvalue weighted by Gasteiger charge is 2.24. The zero-order chi connectivity index (χ0) is 12.5. The third-order valence-electron chi connectivity index (χ3n) is 3.56. The van der Waals surface area contributed by atoms with Crippen LogP contribution in [-0.4, -0.2) is 5.11 Å². The lowest BCUT2D eigenvalue weighted by Crippen LogP contribution is -2.18. The summed E-state index contributed by atoms with van der Waals surface area (Å²) in [4.78, 5) is 0. The average Bonchev–Trinajstić information content (AvgIpc) is 2.94. The fraction of sp³-hybridized carbons (Fsp3) is 0.333. The van der Waals surface area contributed by atoms with Gasteiger partial charge in [-0.15, -0.1) is 0 Å². The molecule has 2 aromatic rings. The topological polar surface area (TPSA) is 45.4 Å². The van der Waals surface area contributed by atoms with Crippen LogP contribution in [0.3, 0.4) is 0 Å². The smallest absolute Gasteiger partial charge is 0.119 e. The van der Waals surface area contributed by atoms with E-state index >= 15 is 0 Å². The predicted molar refractivity (Wildman–Crippen MR) is 69.5 cm³/mol. The lowest BCUT2D eigenvalue weighted by Gasteiger charge is -2.13. The van der Waals surface area contributed by atoms with Crippen molar-refractivity contribution in [2.45, 2.75) is 32.4 Å². The molecule has 1 aliphatic carbocycles. The van der Waals surface area contributed by atoms with Crippen LogP contribution in [0.4, 0.5) is 0 Å². The molecule has 3 nitrogen and oxygen atoms in total. The van der Waals surface area contributed by atoms with Gasteiger partial charge in [0.05, 0.1) is 6.54 Å². The molecular formula is C15H17NO2. The van der Waals surface area contributed by atoms with Gasteiger partial charge >= 0.3 is 0 Å². The molecule has 2 N–H and O–H groups in total. The van der Waals surface area contributed by atoms with E-state index in [1.807, 2.05) is 25.1 Å². The molecule has 0 spiro atoms. The van der Waals surface area contributed by atoms with Crippen LogP contribution in [0, 0.1) is 6.92 Å². The summed E-state index contributed by atoms with van der Waals surface area (Å²) in [5.41, 5.74) is 2.31. The number of phenolic OH excluding ortho intramolecular Hbond substituents is 1. The van der Waals surface area contributed by atoms with Gasteiger partial charge in [0, 0.05) is 6.04 Å². The maximum atomic E-state index is 9.79. The fourth-order valence-corrected chi connectivity index (χ4v) is 2.65. The quantitative estimate of drug-likeness (QED) is 0.870. The van der Waals surface area contributed by atoms with Gasteiger partial charge in [-0.05, 0) is 49.1 Å². The molecule has 94 valence electrons. The Balaban J connectivity index is 1.71. The highest BCUT2D eigenvalue weighted by Crippen LogP contribution is 2.36. The van der Waals surface area contributed by atoms with Gasteiger partial charge in [-0.1, -0.05) is 12.1 Å². The van der Waals surface area contributed by atoms with Crippen molar-refractivity contribution in [3.05, 3.63) is 53.0 Å². The molecule has 18 heavy (non-hydrogen) atoms. The highest BCUT2D eigenvalue weighted by molar-refractivity contribution is 5.44. The molecule has 3 rings (SSSR count). The Bertz CT molecular complexity index is 559. The molecule has 3 heteroatoms. The first-order chi connectivity index (χ1) is 8.74. The minimum absolute atomic E-state index is 0.317. The first kappa shape index (κ1) is 11.4. The molecule has 0 aliphatic heterocycles. The summed E-state index contributed by atoms with van der Waals surface area (Å²) in [5, 5.41) is 13.3. The van der Waals surface area contributed by atoms with Crippen molar-refractivity contribution in [2.24, 2.45) is 0 Å². The van der Waals surface area contributed by atoms with Gasteiger partial charge in [0.15, 0.2) is 0 Å². The number of phenols is 1. The molecule has 0 saturated carbocycles. The van der Waals surface area contributed by atoms with E-state index in [0.29, 0.717) is 11.8 Å². The van der Waals surface area contributed by atoms with Crippen molar-refractivity contribution in [2.75, 3.05) is 0 Å². The van der Waals surface area contributed by atoms with E-state index in [-0.39, 0.29) is 0 Å². The van der Waals surface area contributed by atoms with Crippen molar-refractivity contribution < 1.29 is 9.52 Å². The Labute approximate surface area is 106 Å². The normalized spacial score (nSPS) is 17.9. The number of hydrogen-bond acceptors (Lipinski definition) is 3. The molecule has 1 heterocycles. The summed E-state index contributed by atoms with van der Waals surface area (Å²) in [6, 6.07) is 10.1. The van der Waals surface area contributed by atoms with E-state index in [0.717, 1.165) is 36.5 Å². The SMILES string of the molecule is Cc1ccc(CNC2CCc3c(O)cccc32)o1. The van der Waals surface area contributed by atoms with Gasteiger partial charge in [-0.2, -0.15) is 0 Å². The number of nitrogens with one attached hydrogen (secondary N) is 1. The van der Waals surface area contributed by atoms with E-state index in [9.17, 15) is 5.11 Å². The van der Waals surface area contributed by atoms with Crippen LogP contribution in [0.15, 0.2) is 34.7 Å². The third kappa shape index (κ3) is 2.02. The number of fused-ring (bicyclic) bond motifs is 1. The third-order valence-corrected chi connectivity index (χ3v) is 3.56. The number of aromatic hydroxyl groups is 1. The van der Waals surface area contributed by atoms with Gasteiger partial charge in [-0.3, -0.25) is 0 Å². The molecule has 1 unspecified atom stereocenters. The minimum Gasteiger partial charge on any atom is -0.508 e. The lowest BCUT2D eigenvalue weighted by atomic mass is 10.1. The van der Waals surface area contributed by atoms with Crippen LogP contribution < -0.4 is 5.32 Å². The van der Waals surface area contributed by atoms with Crippen LogP contribution in [0.2, 0.25) is 0 Å². The molecule has 1 aliphatic rings. The fourth-order valence-electron chi connectivity index (χ4n) is 2.65. The summed E-state index contributed by atoms with van der Waals surface area (Å²) in [6.07, 6.45) is 1.98. The van der Waals surface area contributed by atoms with Crippen LogP contribution in [0.25, 0.3) is 0 Å². The predicted octanol–water partition coefficient (Wildman–Crippen LogP) is 3.07. The number of furan rings is 1. The first-order valence-electron chi connectivity index (χ1n) is 6.33. The molecular weight excluding hydrogens is 226 g/mol. The summed E-state index contributed by atoms with van der Waals surface area (Å²) in [7, 11) is 0. The Morgan fingerprint density at radius 2 is 2.22 bits per heavy atom. The number of benzene rings is 1. The zero-order valence-corrected chi connectivity index (χ0v) is 10.4. The van der Waals surface area contributed by atoms with Crippen molar-refractivity contribution in [1.82, 2.24) is 5.32 Å². The van der Waals surface area contributed by atoms with Crippen LogP contribution in [0.5, 0.6) is 5.75 Å². The van der Waals surface area contributed by atoms with Crippen molar-refractivity contribution >= 4 is 0 Å². The average molecular weight is 243 g/mol. The number of rotatable bonds is 3. The van der Waals surface area contributed by atoms with E-state index < -0.39 is 0 Å². The Hall–Kier alpha value is -1.74. The van der Waals surface area contributed by atoms with Gasteiger partial charge in [0.1, 0.15) is 17.3 Å². The van der Waals surface area contributed by atoms with Crippen LogP contribution >= 0.6 is 0 Å². The summed E-state index contributed by atoms with van der Waals surface area (Å²) >= 11 is 0. The van der Waals surface area contributed by atoms with Gasteiger partial charge < -0.3 is 14.8 Å².